The van der Waals surface area contributed by atoms with E-state index in [4.69, 9.17) is 9.47 Å². The summed E-state index contributed by atoms with van der Waals surface area (Å²) in [5.41, 5.74) is 3.10. The van der Waals surface area contributed by atoms with Gasteiger partial charge in [-0.1, -0.05) is 29.8 Å². The summed E-state index contributed by atoms with van der Waals surface area (Å²) in [7, 11) is 1.69. The van der Waals surface area contributed by atoms with Crippen LogP contribution in [0, 0.1) is 13.8 Å². The van der Waals surface area contributed by atoms with E-state index in [0.717, 1.165) is 29.8 Å². The fraction of sp³-hybridized carbons (Fsp3) is 0.500. The highest BCUT2D eigenvalue weighted by Gasteiger charge is 2.32. The molecule has 0 spiro atoms. The zero-order chi connectivity index (χ0) is 19.3. The van der Waals surface area contributed by atoms with Crippen LogP contribution in [0.4, 0.5) is 9.93 Å². The second-order valence-electron chi connectivity index (χ2n) is 7.00. The number of amides is 2. The number of aromatic nitrogens is 1. The summed E-state index contributed by atoms with van der Waals surface area (Å²) in [6, 6.07) is 8.23. The van der Waals surface area contributed by atoms with Gasteiger partial charge in [-0.15, -0.1) is 11.3 Å². The van der Waals surface area contributed by atoms with Crippen molar-refractivity contribution in [3.05, 3.63) is 46.0 Å². The monoisotopic (exact) mass is 389 g/mol. The zero-order valence-corrected chi connectivity index (χ0v) is 16.9. The van der Waals surface area contributed by atoms with Gasteiger partial charge >= 0.3 is 6.03 Å². The number of anilines is 1. The Morgan fingerprint density at radius 1 is 1.26 bits per heavy atom. The lowest BCUT2D eigenvalue weighted by molar-refractivity contribution is -0.0859. The molecule has 0 unspecified atom stereocenters. The normalized spacial score (nSPS) is 16.1. The number of hydrogen-bond donors (Lipinski definition) is 2. The summed E-state index contributed by atoms with van der Waals surface area (Å²) < 4.78 is 11.0. The molecule has 0 bridgehead atoms. The Morgan fingerprint density at radius 2 is 1.96 bits per heavy atom. The Kier molecular flexibility index (Phi) is 6.46. The Balaban J connectivity index is 1.56. The maximum Gasteiger partial charge on any atom is 0.321 e. The van der Waals surface area contributed by atoms with Crippen LogP contribution < -0.4 is 10.6 Å². The molecule has 1 aromatic carbocycles. The van der Waals surface area contributed by atoms with Gasteiger partial charge in [0.2, 0.25) is 0 Å². The molecule has 27 heavy (non-hydrogen) atoms. The SMILES string of the molecule is COC1(CNC(=O)Nc2nc(C)c(Cc3ccc(C)cc3)s2)CCOCC1. The first-order valence-electron chi connectivity index (χ1n) is 9.19. The summed E-state index contributed by atoms with van der Waals surface area (Å²) >= 11 is 1.52. The molecule has 3 rings (SSSR count). The van der Waals surface area contributed by atoms with Crippen LogP contribution in [0.3, 0.4) is 0 Å². The molecule has 0 saturated carbocycles. The van der Waals surface area contributed by atoms with Crippen molar-refractivity contribution in [3.8, 4) is 0 Å². The highest BCUT2D eigenvalue weighted by atomic mass is 32.1. The highest BCUT2D eigenvalue weighted by Crippen LogP contribution is 2.26. The van der Waals surface area contributed by atoms with Crippen molar-refractivity contribution in [3.63, 3.8) is 0 Å². The van der Waals surface area contributed by atoms with E-state index in [2.05, 4.69) is 46.8 Å². The maximum absolute atomic E-state index is 12.3. The number of methoxy groups -OCH3 is 1. The van der Waals surface area contributed by atoms with Crippen molar-refractivity contribution in [2.75, 3.05) is 32.2 Å². The average Bonchev–Trinajstić information content (AvgIpc) is 3.01. The van der Waals surface area contributed by atoms with Crippen molar-refractivity contribution in [2.24, 2.45) is 0 Å². The molecule has 0 atom stereocenters. The van der Waals surface area contributed by atoms with Gasteiger partial charge in [-0.3, -0.25) is 5.32 Å². The van der Waals surface area contributed by atoms with E-state index in [0.29, 0.717) is 24.9 Å². The van der Waals surface area contributed by atoms with E-state index in [1.807, 2.05) is 6.92 Å². The minimum absolute atomic E-state index is 0.256. The third-order valence-electron chi connectivity index (χ3n) is 5.01. The van der Waals surface area contributed by atoms with Gasteiger partial charge in [-0.25, -0.2) is 9.78 Å². The fourth-order valence-corrected chi connectivity index (χ4v) is 4.11. The molecule has 1 fully saturated rings. The number of carbonyl (C=O) groups is 1. The minimum Gasteiger partial charge on any atom is -0.381 e. The van der Waals surface area contributed by atoms with Crippen molar-refractivity contribution in [1.82, 2.24) is 10.3 Å². The molecule has 1 aliphatic heterocycles. The largest absolute Gasteiger partial charge is 0.381 e. The average molecular weight is 390 g/mol. The molecule has 0 radical (unpaired) electrons. The third kappa shape index (κ3) is 5.28. The molecule has 2 aromatic rings. The van der Waals surface area contributed by atoms with Crippen LogP contribution in [-0.2, 0) is 15.9 Å². The van der Waals surface area contributed by atoms with E-state index >= 15 is 0 Å². The Hall–Kier alpha value is -1.96. The molecule has 0 aliphatic carbocycles. The first kappa shape index (κ1) is 19.8. The van der Waals surface area contributed by atoms with Gasteiger partial charge in [0.05, 0.1) is 11.3 Å². The lowest BCUT2D eigenvalue weighted by Crippen LogP contribution is -2.49. The Labute approximate surface area is 164 Å². The smallest absolute Gasteiger partial charge is 0.321 e. The summed E-state index contributed by atoms with van der Waals surface area (Å²) in [6.45, 7) is 5.83. The number of ether oxygens (including phenoxy) is 2. The molecule has 2 amide bonds. The highest BCUT2D eigenvalue weighted by molar-refractivity contribution is 7.15. The van der Waals surface area contributed by atoms with E-state index in [1.54, 1.807) is 7.11 Å². The van der Waals surface area contributed by atoms with Crippen LogP contribution in [-0.4, -0.2) is 43.5 Å². The third-order valence-corrected chi connectivity index (χ3v) is 6.08. The van der Waals surface area contributed by atoms with Gasteiger partial charge in [0.15, 0.2) is 5.13 Å². The van der Waals surface area contributed by atoms with Crippen molar-refractivity contribution in [1.29, 1.82) is 0 Å². The quantitative estimate of drug-likeness (QED) is 0.791. The summed E-state index contributed by atoms with van der Waals surface area (Å²) in [5.74, 6) is 0. The van der Waals surface area contributed by atoms with Gasteiger partial charge in [0.25, 0.3) is 0 Å². The summed E-state index contributed by atoms with van der Waals surface area (Å²) in [6.07, 6.45) is 2.38. The molecular weight excluding hydrogens is 362 g/mol. The number of nitrogens with one attached hydrogen (secondary N) is 2. The number of carbonyl (C=O) groups excluding carboxylic acids is 1. The second kappa shape index (κ2) is 8.82. The maximum atomic E-state index is 12.3. The fourth-order valence-electron chi connectivity index (χ4n) is 3.12. The molecule has 6 nitrogen and oxygen atoms in total. The first-order valence-corrected chi connectivity index (χ1v) is 10.0. The van der Waals surface area contributed by atoms with Crippen LogP contribution in [0.25, 0.3) is 0 Å². The van der Waals surface area contributed by atoms with Gasteiger partial charge < -0.3 is 14.8 Å². The van der Waals surface area contributed by atoms with E-state index in [1.165, 1.54) is 22.5 Å². The van der Waals surface area contributed by atoms with Gasteiger partial charge in [0.1, 0.15) is 0 Å². The Morgan fingerprint density at radius 3 is 2.63 bits per heavy atom. The van der Waals surface area contributed by atoms with Crippen molar-refractivity contribution >= 4 is 22.5 Å². The van der Waals surface area contributed by atoms with Crippen LogP contribution in [0.2, 0.25) is 0 Å². The second-order valence-corrected chi connectivity index (χ2v) is 8.08. The molecular formula is C20H27N3O3S. The van der Waals surface area contributed by atoms with E-state index < -0.39 is 0 Å². The lowest BCUT2D eigenvalue weighted by Gasteiger charge is -2.35. The van der Waals surface area contributed by atoms with Crippen LogP contribution >= 0.6 is 11.3 Å². The van der Waals surface area contributed by atoms with Crippen LogP contribution in [0.15, 0.2) is 24.3 Å². The summed E-state index contributed by atoms with van der Waals surface area (Å²) in [5, 5.41) is 6.38. The van der Waals surface area contributed by atoms with Crippen LogP contribution in [0.5, 0.6) is 0 Å². The number of aryl methyl sites for hydroxylation is 2. The lowest BCUT2D eigenvalue weighted by atomic mass is 9.94. The minimum atomic E-state index is -0.342. The van der Waals surface area contributed by atoms with E-state index in [9.17, 15) is 4.79 Å². The zero-order valence-electron chi connectivity index (χ0n) is 16.1. The number of hydrogen-bond acceptors (Lipinski definition) is 5. The molecule has 2 N–H and O–H groups in total. The molecule has 1 aromatic heterocycles. The van der Waals surface area contributed by atoms with Gasteiger partial charge in [-0.05, 0) is 19.4 Å². The first-order chi connectivity index (χ1) is 13.0. The van der Waals surface area contributed by atoms with Crippen molar-refractivity contribution in [2.45, 2.75) is 38.7 Å². The number of rotatable bonds is 6. The summed E-state index contributed by atoms with van der Waals surface area (Å²) in [4.78, 5) is 17.9. The van der Waals surface area contributed by atoms with Gasteiger partial charge in [-0.2, -0.15) is 0 Å². The Bertz CT molecular complexity index is 767. The van der Waals surface area contributed by atoms with E-state index in [-0.39, 0.29) is 11.6 Å². The molecule has 1 saturated heterocycles. The van der Waals surface area contributed by atoms with Gasteiger partial charge in [0, 0.05) is 51.0 Å². The predicted molar refractivity (Wildman–Crippen MR) is 108 cm³/mol. The number of urea groups is 1. The molecule has 146 valence electrons. The number of nitrogens with zero attached hydrogens (tertiary/aromatic N) is 1. The topological polar surface area (TPSA) is 72.5 Å². The number of benzene rings is 1. The number of thiazole rings is 1. The standard InChI is InChI=1S/C20H27N3O3S/c1-14-4-6-16(7-5-14)12-17-15(2)22-19(27-17)23-18(24)21-13-20(25-3)8-10-26-11-9-20/h4-7H,8-13H2,1-3H3,(H2,21,22,23,24). The molecule has 7 heteroatoms. The predicted octanol–water partition coefficient (Wildman–Crippen LogP) is 3.67. The molecule has 2 heterocycles. The molecule has 1 aliphatic rings. The van der Waals surface area contributed by atoms with Crippen molar-refractivity contribution < 1.29 is 14.3 Å². The van der Waals surface area contributed by atoms with Crippen LogP contribution in [0.1, 0.15) is 34.5 Å².